The Morgan fingerprint density at radius 2 is 1.85 bits per heavy atom. The van der Waals surface area contributed by atoms with E-state index in [-0.39, 0.29) is 25.8 Å². The van der Waals surface area contributed by atoms with Gasteiger partial charge in [-0.15, -0.1) is 5.10 Å². The molecule has 2 amide bonds. The maximum atomic E-state index is 14.1. The number of nitrogens with zero attached hydrogens (tertiary/aromatic N) is 5. The third kappa shape index (κ3) is 5.50. The monoisotopic (exact) mass is 550 g/mol. The van der Waals surface area contributed by atoms with E-state index in [2.05, 4.69) is 20.6 Å². The zero-order valence-electron chi connectivity index (χ0n) is 22.1. The van der Waals surface area contributed by atoms with Gasteiger partial charge in [0, 0.05) is 24.6 Å². The summed E-state index contributed by atoms with van der Waals surface area (Å²) >= 11 is 0. The molecular formula is C30H26N6O5. The number of aromatic nitrogens is 4. The van der Waals surface area contributed by atoms with Crippen molar-refractivity contribution in [3.8, 4) is 17.2 Å². The van der Waals surface area contributed by atoms with E-state index < -0.39 is 11.9 Å². The van der Waals surface area contributed by atoms with Crippen LogP contribution in [0.15, 0.2) is 91.3 Å². The second kappa shape index (κ2) is 11.3. The van der Waals surface area contributed by atoms with Gasteiger partial charge in [-0.25, -0.2) is 4.68 Å². The van der Waals surface area contributed by atoms with Crippen LogP contribution in [0.4, 0.5) is 5.69 Å². The molecule has 2 aromatic heterocycles. The lowest BCUT2D eigenvalue weighted by molar-refractivity contribution is -0.140. The van der Waals surface area contributed by atoms with Crippen molar-refractivity contribution in [3.63, 3.8) is 0 Å². The van der Waals surface area contributed by atoms with E-state index in [1.54, 1.807) is 68.0 Å². The van der Waals surface area contributed by atoms with Crippen LogP contribution in [0.5, 0.6) is 17.2 Å². The van der Waals surface area contributed by atoms with Crippen molar-refractivity contribution in [2.24, 2.45) is 0 Å². The Kier molecular flexibility index (Phi) is 7.14. The number of carbonyl (C=O) groups is 2. The van der Waals surface area contributed by atoms with Crippen molar-refractivity contribution in [3.05, 3.63) is 102 Å². The maximum absolute atomic E-state index is 14.1. The fourth-order valence-corrected chi connectivity index (χ4v) is 4.71. The number of ether oxygens (including phenoxy) is 3. The van der Waals surface area contributed by atoms with E-state index in [1.807, 2.05) is 30.3 Å². The molecule has 11 nitrogen and oxygen atoms in total. The molecule has 1 atom stereocenters. The molecular weight excluding hydrogens is 524 g/mol. The standard InChI is InChI=1S/C30H26N6O5/c1-39-23-11-9-22(10-12-23)32-30(38)29(21-8-13-26-27(15-21)41-19-40-26)35(17-20-5-4-14-31-16-20)28(37)18-36-25-7-3-2-6-24(25)33-34-36/h2-16,29H,17-19H2,1H3,(H,32,38). The lowest BCUT2D eigenvalue weighted by Crippen LogP contribution is -2.42. The van der Waals surface area contributed by atoms with Gasteiger partial charge in [-0.2, -0.15) is 0 Å². The van der Waals surface area contributed by atoms with Crippen LogP contribution in [-0.4, -0.2) is 50.6 Å². The molecule has 1 aliphatic rings. The lowest BCUT2D eigenvalue weighted by atomic mass is 10.0. The number of carbonyl (C=O) groups excluding carboxylic acids is 2. The van der Waals surface area contributed by atoms with Crippen LogP contribution < -0.4 is 19.5 Å². The fourth-order valence-electron chi connectivity index (χ4n) is 4.71. The first kappa shape index (κ1) is 25.8. The van der Waals surface area contributed by atoms with Crippen molar-refractivity contribution in [2.75, 3.05) is 19.2 Å². The summed E-state index contributed by atoms with van der Waals surface area (Å²) < 4.78 is 17.9. The fraction of sp³-hybridized carbons (Fsp3) is 0.167. The molecule has 1 aliphatic heterocycles. The number of nitrogens with one attached hydrogen (secondary N) is 1. The number of hydrogen-bond donors (Lipinski definition) is 1. The van der Waals surface area contributed by atoms with Gasteiger partial charge in [0.2, 0.25) is 12.7 Å². The Morgan fingerprint density at radius 1 is 1.02 bits per heavy atom. The van der Waals surface area contributed by atoms with Crippen LogP contribution in [0, 0.1) is 0 Å². The van der Waals surface area contributed by atoms with E-state index in [1.165, 1.54) is 9.58 Å². The summed E-state index contributed by atoms with van der Waals surface area (Å²) in [5, 5.41) is 11.3. The molecule has 1 N–H and O–H groups in total. The summed E-state index contributed by atoms with van der Waals surface area (Å²) in [6.45, 7) is 0.0747. The molecule has 1 unspecified atom stereocenters. The molecule has 0 saturated carbocycles. The quantitative estimate of drug-likeness (QED) is 0.293. The topological polar surface area (TPSA) is 121 Å². The van der Waals surface area contributed by atoms with Crippen LogP contribution in [0.25, 0.3) is 11.0 Å². The summed E-state index contributed by atoms with van der Waals surface area (Å²) in [5.74, 6) is 0.985. The molecule has 3 aromatic carbocycles. The van der Waals surface area contributed by atoms with Gasteiger partial charge in [-0.3, -0.25) is 14.6 Å². The van der Waals surface area contributed by atoms with Crippen molar-refractivity contribution in [1.82, 2.24) is 24.9 Å². The number of pyridine rings is 1. The predicted molar refractivity (Wildman–Crippen MR) is 149 cm³/mol. The molecule has 0 aliphatic carbocycles. The molecule has 0 bridgehead atoms. The highest BCUT2D eigenvalue weighted by atomic mass is 16.7. The van der Waals surface area contributed by atoms with Crippen molar-refractivity contribution in [2.45, 2.75) is 19.1 Å². The number of hydrogen-bond acceptors (Lipinski definition) is 8. The molecule has 41 heavy (non-hydrogen) atoms. The molecule has 0 fully saturated rings. The molecule has 11 heteroatoms. The zero-order chi connectivity index (χ0) is 28.2. The molecule has 0 spiro atoms. The van der Waals surface area contributed by atoms with Gasteiger partial charge in [0.05, 0.1) is 12.6 Å². The van der Waals surface area contributed by atoms with Crippen LogP contribution in [0.3, 0.4) is 0 Å². The maximum Gasteiger partial charge on any atom is 0.251 e. The van der Waals surface area contributed by atoms with Crippen LogP contribution in [0.2, 0.25) is 0 Å². The molecule has 3 heterocycles. The molecule has 5 aromatic rings. The number of anilines is 1. The smallest absolute Gasteiger partial charge is 0.251 e. The first-order valence-corrected chi connectivity index (χ1v) is 12.9. The summed E-state index contributed by atoms with van der Waals surface area (Å²) in [6.07, 6.45) is 3.33. The number of fused-ring (bicyclic) bond motifs is 2. The van der Waals surface area contributed by atoms with E-state index in [4.69, 9.17) is 14.2 Å². The van der Waals surface area contributed by atoms with Gasteiger partial charge in [-0.05, 0) is 65.7 Å². The third-order valence-corrected chi connectivity index (χ3v) is 6.73. The van der Waals surface area contributed by atoms with E-state index in [0.717, 1.165) is 5.56 Å². The summed E-state index contributed by atoms with van der Waals surface area (Å²) in [6, 6.07) is 22.2. The van der Waals surface area contributed by atoms with Crippen molar-refractivity contribution in [1.29, 1.82) is 0 Å². The largest absolute Gasteiger partial charge is 0.497 e. The number of para-hydroxylation sites is 1. The van der Waals surface area contributed by atoms with E-state index in [9.17, 15) is 9.59 Å². The van der Waals surface area contributed by atoms with Gasteiger partial charge >= 0.3 is 0 Å². The highest BCUT2D eigenvalue weighted by molar-refractivity contribution is 5.98. The van der Waals surface area contributed by atoms with Crippen LogP contribution >= 0.6 is 0 Å². The number of methoxy groups -OCH3 is 1. The lowest BCUT2D eigenvalue weighted by Gasteiger charge is -2.31. The Balaban J connectivity index is 1.40. The normalized spacial score (nSPS) is 12.6. The summed E-state index contributed by atoms with van der Waals surface area (Å²) in [5.41, 5.74) is 3.25. The minimum atomic E-state index is -1.03. The summed E-state index contributed by atoms with van der Waals surface area (Å²) in [4.78, 5) is 33.9. The first-order valence-electron chi connectivity index (χ1n) is 12.9. The molecule has 206 valence electrons. The van der Waals surface area contributed by atoms with E-state index in [0.29, 0.717) is 39.5 Å². The number of amides is 2. The van der Waals surface area contributed by atoms with Crippen LogP contribution in [-0.2, 0) is 22.7 Å². The highest BCUT2D eigenvalue weighted by Crippen LogP contribution is 2.36. The second-order valence-corrected chi connectivity index (χ2v) is 9.35. The first-order chi connectivity index (χ1) is 20.1. The minimum Gasteiger partial charge on any atom is -0.497 e. The molecule has 0 radical (unpaired) electrons. The summed E-state index contributed by atoms with van der Waals surface area (Å²) in [7, 11) is 1.57. The van der Waals surface area contributed by atoms with Gasteiger partial charge in [0.25, 0.3) is 5.91 Å². The predicted octanol–water partition coefficient (Wildman–Crippen LogP) is 3.97. The van der Waals surface area contributed by atoms with Crippen LogP contribution in [0.1, 0.15) is 17.2 Å². The minimum absolute atomic E-state index is 0.0825. The zero-order valence-corrected chi connectivity index (χ0v) is 22.1. The Hall–Kier alpha value is -5.45. The van der Waals surface area contributed by atoms with Gasteiger partial charge in [0.15, 0.2) is 11.5 Å². The Bertz CT molecular complexity index is 1690. The number of rotatable bonds is 9. The Labute approximate surface area is 235 Å². The average Bonchev–Trinajstić information content (AvgIpc) is 3.64. The Morgan fingerprint density at radius 3 is 2.66 bits per heavy atom. The van der Waals surface area contributed by atoms with Gasteiger partial charge in [0.1, 0.15) is 23.9 Å². The molecule has 0 saturated heterocycles. The number of benzene rings is 3. The molecule has 6 rings (SSSR count). The van der Waals surface area contributed by atoms with Gasteiger partial charge in [-0.1, -0.05) is 29.5 Å². The van der Waals surface area contributed by atoms with E-state index >= 15 is 0 Å². The van der Waals surface area contributed by atoms with Gasteiger partial charge < -0.3 is 24.4 Å². The average molecular weight is 551 g/mol. The highest BCUT2D eigenvalue weighted by Gasteiger charge is 2.33. The van der Waals surface area contributed by atoms with Crippen molar-refractivity contribution < 1.29 is 23.8 Å². The second-order valence-electron chi connectivity index (χ2n) is 9.35. The SMILES string of the molecule is COc1ccc(NC(=O)C(c2ccc3c(c2)OCO3)N(Cc2cccnc2)C(=O)Cn2nnc3ccccc32)cc1. The third-order valence-electron chi connectivity index (χ3n) is 6.73. The van der Waals surface area contributed by atoms with Crippen molar-refractivity contribution >= 4 is 28.5 Å².